The van der Waals surface area contributed by atoms with Crippen molar-refractivity contribution >= 4 is 22.0 Å². The predicted octanol–water partition coefficient (Wildman–Crippen LogP) is 1.55. The van der Waals surface area contributed by atoms with Crippen LogP contribution in [-0.4, -0.2) is 44.6 Å². The highest BCUT2D eigenvalue weighted by Crippen LogP contribution is 2.13. The highest BCUT2D eigenvalue weighted by atomic mass is 32.2. The molecule has 0 radical (unpaired) electrons. The Morgan fingerprint density at radius 3 is 2.50 bits per heavy atom. The molecule has 0 atom stereocenters. The van der Waals surface area contributed by atoms with E-state index in [4.69, 9.17) is 0 Å². The standard InChI is InChI=1S/C16H22N2O3S/c1-13-5-3-4-6-14(13)7-8-16(19)18-11-9-15(10-12-18)17-22(2,20)21/h3-8,15,17H,9-12H2,1-2H3/b8-7-. The third-order valence-corrected chi connectivity index (χ3v) is 4.54. The van der Waals surface area contributed by atoms with Crippen LogP contribution >= 0.6 is 0 Å². The average molecular weight is 322 g/mol. The summed E-state index contributed by atoms with van der Waals surface area (Å²) in [5, 5.41) is 0. The van der Waals surface area contributed by atoms with Gasteiger partial charge in [0.1, 0.15) is 0 Å². The Labute approximate surface area is 132 Å². The monoisotopic (exact) mass is 322 g/mol. The number of carbonyl (C=O) groups excluding carboxylic acids is 1. The van der Waals surface area contributed by atoms with E-state index in [1.807, 2.05) is 37.3 Å². The minimum atomic E-state index is -3.18. The van der Waals surface area contributed by atoms with E-state index in [2.05, 4.69) is 4.72 Å². The van der Waals surface area contributed by atoms with E-state index in [9.17, 15) is 13.2 Å². The summed E-state index contributed by atoms with van der Waals surface area (Å²) in [6, 6.07) is 7.82. The Kier molecular flexibility index (Phi) is 5.37. The number of sulfonamides is 1. The zero-order chi connectivity index (χ0) is 16.2. The van der Waals surface area contributed by atoms with Gasteiger partial charge >= 0.3 is 0 Å². The molecule has 6 heteroatoms. The topological polar surface area (TPSA) is 66.5 Å². The maximum absolute atomic E-state index is 12.2. The minimum Gasteiger partial charge on any atom is -0.339 e. The number of nitrogens with zero attached hydrogens (tertiary/aromatic N) is 1. The molecule has 1 heterocycles. The second kappa shape index (κ2) is 7.07. The molecular formula is C16H22N2O3S. The lowest BCUT2D eigenvalue weighted by molar-refractivity contribution is -0.126. The molecule has 0 spiro atoms. The number of amides is 1. The van der Waals surface area contributed by atoms with Crippen molar-refractivity contribution in [1.29, 1.82) is 0 Å². The molecule has 2 rings (SSSR count). The quantitative estimate of drug-likeness (QED) is 0.855. The fraction of sp³-hybridized carbons (Fsp3) is 0.438. The lowest BCUT2D eigenvalue weighted by Crippen LogP contribution is -2.45. The fourth-order valence-corrected chi connectivity index (χ4v) is 3.40. The molecule has 0 saturated carbocycles. The summed E-state index contributed by atoms with van der Waals surface area (Å²) in [5.74, 6) is -0.0268. The first kappa shape index (κ1) is 16.7. The Morgan fingerprint density at radius 2 is 1.91 bits per heavy atom. The molecule has 0 unspecified atom stereocenters. The third-order valence-electron chi connectivity index (χ3n) is 3.78. The van der Waals surface area contributed by atoms with Gasteiger partial charge in [0.05, 0.1) is 6.26 Å². The van der Waals surface area contributed by atoms with E-state index >= 15 is 0 Å². The van der Waals surface area contributed by atoms with Crippen molar-refractivity contribution in [2.75, 3.05) is 19.3 Å². The Bertz CT molecular complexity index is 660. The lowest BCUT2D eigenvalue weighted by atomic mass is 10.1. The molecule has 1 amide bonds. The van der Waals surface area contributed by atoms with Gasteiger partial charge in [-0.25, -0.2) is 13.1 Å². The second-order valence-electron chi connectivity index (χ2n) is 5.68. The Morgan fingerprint density at radius 1 is 1.27 bits per heavy atom. The Balaban J connectivity index is 1.89. The van der Waals surface area contributed by atoms with Crippen LogP contribution in [0.3, 0.4) is 0 Å². The van der Waals surface area contributed by atoms with Crippen LogP contribution in [0.2, 0.25) is 0 Å². The number of likely N-dealkylation sites (tertiary alicyclic amines) is 1. The highest BCUT2D eigenvalue weighted by molar-refractivity contribution is 7.88. The molecule has 0 aliphatic carbocycles. The smallest absolute Gasteiger partial charge is 0.246 e. The minimum absolute atomic E-state index is 0.0268. The molecule has 1 aliphatic rings. The van der Waals surface area contributed by atoms with Crippen LogP contribution in [-0.2, 0) is 14.8 Å². The normalized spacial score (nSPS) is 17.1. The number of nitrogens with one attached hydrogen (secondary N) is 1. The van der Waals surface area contributed by atoms with Gasteiger partial charge in [0.25, 0.3) is 0 Å². The van der Waals surface area contributed by atoms with Crippen LogP contribution in [0.1, 0.15) is 24.0 Å². The Hall–Kier alpha value is -1.66. The van der Waals surface area contributed by atoms with Gasteiger partial charge in [0.2, 0.25) is 15.9 Å². The summed E-state index contributed by atoms with van der Waals surface area (Å²) < 4.78 is 25.0. The molecule has 22 heavy (non-hydrogen) atoms. The largest absolute Gasteiger partial charge is 0.339 e. The van der Waals surface area contributed by atoms with Crippen molar-refractivity contribution in [3.8, 4) is 0 Å². The summed E-state index contributed by atoms with van der Waals surface area (Å²) in [5.41, 5.74) is 2.16. The first-order valence-corrected chi connectivity index (χ1v) is 9.24. The number of hydrogen-bond donors (Lipinski definition) is 1. The van der Waals surface area contributed by atoms with Crippen molar-refractivity contribution in [2.24, 2.45) is 0 Å². The second-order valence-corrected chi connectivity index (χ2v) is 7.46. The van der Waals surface area contributed by atoms with Gasteiger partial charge in [0.15, 0.2) is 0 Å². The number of aryl methyl sites for hydroxylation is 1. The maximum atomic E-state index is 12.2. The number of piperidine rings is 1. The summed E-state index contributed by atoms with van der Waals surface area (Å²) in [4.78, 5) is 13.9. The summed E-state index contributed by atoms with van der Waals surface area (Å²) in [7, 11) is -3.18. The van der Waals surface area contributed by atoms with E-state index in [-0.39, 0.29) is 11.9 Å². The molecule has 1 aliphatic heterocycles. The maximum Gasteiger partial charge on any atom is 0.246 e. The molecule has 1 saturated heterocycles. The molecule has 1 N–H and O–H groups in total. The number of benzene rings is 1. The van der Waals surface area contributed by atoms with Crippen molar-refractivity contribution in [3.05, 3.63) is 41.5 Å². The number of rotatable bonds is 4. The van der Waals surface area contributed by atoms with Crippen LogP contribution in [0.5, 0.6) is 0 Å². The van der Waals surface area contributed by atoms with E-state index in [0.717, 1.165) is 17.4 Å². The van der Waals surface area contributed by atoms with Crippen LogP contribution in [0.25, 0.3) is 6.08 Å². The van der Waals surface area contributed by atoms with Crippen molar-refractivity contribution < 1.29 is 13.2 Å². The molecule has 5 nitrogen and oxygen atoms in total. The summed E-state index contributed by atoms with van der Waals surface area (Å²) >= 11 is 0. The van der Waals surface area contributed by atoms with Crippen LogP contribution < -0.4 is 4.72 Å². The molecular weight excluding hydrogens is 300 g/mol. The number of carbonyl (C=O) groups is 1. The van der Waals surface area contributed by atoms with Crippen LogP contribution in [0.15, 0.2) is 30.3 Å². The van der Waals surface area contributed by atoms with Gasteiger partial charge < -0.3 is 4.90 Å². The lowest BCUT2D eigenvalue weighted by Gasteiger charge is -2.31. The van der Waals surface area contributed by atoms with Gasteiger partial charge in [-0.15, -0.1) is 0 Å². The van der Waals surface area contributed by atoms with Gasteiger partial charge in [-0.05, 0) is 37.0 Å². The van der Waals surface area contributed by atoms with Gasteiger partial charge in [-0.2, -0.15) is 0 Å². The molecule has 0 bridgehead atoms. The summed E-state index contributed by atoms with van der Waals surface area (Å²) in [6.07, 6.45) is 5.88. The molecule has 0 aromatic heterocycles. The van der Waals surface area contributed by atoms with E-state index in [0.29, 0.717) is 25.9 Å². The van der Waals surface area contributed by atoms with E-state index < -0.39 is 10.0 Å². The first-order valence-electron chi connectivity index (χ1n) is 7.35. The fourth-order valence-electron chi connectivity index (χ4n) is 2.56. The van der Waals surface area contributed by atoms with Crippen molar-refractivity contribution in [3.63, 3.8) is 0 Å². The predicted molar refractivity (Wildman–Crippen MR) is 87.8 cm³/mol. The van der Waals surface area contributed by atoms with E-state index in [1.54, 1.807) is 11.0 Å². The molecule has 120 valence electrons. The first-order chi connectivity index (χ1) is 10.3. The van der Waals surface area contributed by atoms with Crippen LogP contribution in [0, 0.1) is 6.92 Å². The molecule has 1 aromatic rings. The zero-order valence-corrected chi connectivity index (χ0v) is 13.8. The van der Waals surface area contributed by atoms with Gasteiger partial charge in [-0.1, -0.05) is 24.3 Å². The number of hydrogen-bond acceptors (Lipinski definition) is 3. The van der Waals surface area contributed by atoms with Gasteiger partial charge in [-0.3, -0.25) is 4.79 Å². The summed E-state index contributed by atoms with van der Waals surface area (Å²) in [6.45, 7) is 3.15. The van der Waals surface area contributed by atoms with Gasteiger partial charge in [0, 0.05) is 25.2 Å². The SMILES string of the molecule is Cc1ccccc1/C=C\C(=O)N1CCC(NS(C)(=O)=O)CC1. The van der Waals surface area contributed by atoms with Crippen LogP contribution in [0.4, 0.5) is 0 Å². The third kappa shape index (κ3) is 4.96. The molecule has 1 fully saturated rings. The van der Waals surface area contributed by atoms with Crippen molar-refractivity contribution in [2.45, 2.75) is 25.8 Å². The highest BCUT2D eigenvalue weighted by Gasteiger charge is 2.23. The zero-order valence-electron chi connectivity index (χ0n) is 13.0. The molecule has 1 aromatic carbocycles. The average Bonchev–Trinajstić information content (AvgIpc) is 2.45. The van der Waals surface area contributed by atoms with Crippen molar-refractivity contribution in [1.82, 2.24) is 9.62 Å². The van der Waals surface area contributed by atoms with E-state index in [1.165, 1.54) is 0 Å².